The van der Waals surface area contributed by atoms with Crippen LogP contribution in [0.1, 0.15) is 28.4 Å². The quantitative estimate of drug-likeness (QED) is 0.456. The van der Waals surface area contributed by atoms with E-state index < -0.39 is 17.9 Å². The minimum absolute atomic E-state index is 0.0699. The fourth-order valence-electron chi connectivity index (χ4n) is 3.43. The summed E-state index contributed by atoms with van der Waals surface area (Å²) < 4.78 is 6.32. The third kappa shape index (κ3) is 5.64. The van der Waals surface area contributed by atoms with Gasteiger partial charge in [0, 0.05) is 19.0 Å². The fourth-order valence-corrected chi connectivity index (χ4v) is 3.99. The molecule has 0 spiro atoms. The van der Waals surface area contributed by atoms with Gasteiger partial charge in [-0.1, -0.05) is 53.5 Å². The molecule has 1 aromatic heterocycles. The maximum Gasteiger partial charge on any atom is 0.328 e. The maximum absolute atomic E-state index is 12.8. The van der Waals surface area contributed by atoms with Gasteiger partial charge >= 0.3 is 5.97 Å². The van der Waals surface area contributed by atoms with Crippen LogP contribution in [0.3, 0.4) is 0 Å². The summed E-state index contributed by atoms with van der Waals surface area (Å²) in [6.07, 6.45) is 1.57. The highest BCUT2D eigenvalue weighted by atomic mass is 35.5. The first kappa shape index (κ1) is 25.4. The number of hydrogen-bond donors (Lipinski definition) is 2. The monoisotopic (exact) mass is 503 g/mol. The van der Waals surface area contributed by atoms with Crippen LogP contribution in [0, 0.1) is 0 Å². The first-order valence-corrected chi connectivity index (χ1v) is 11.2. The number of carbonyl (C=O) groups is 2. The number of benzene rings is 2. The van der Waals surface area contributed by atoms with Crippen LogP contribution >= 0.6 is 23.2 Å². The molecule has 0 saturated carbocycles. The highest BCUT2D eigenvalue weighted by molar-refractivity contribution is 6.39. The van der Waals surface area contributed by atoms with E-state index in [1.165, 1.54) is 30.1 Å². The number of aliphatic hydroxyl groups excluding tert-OH is 1. The van der Waals surface area contributed by atoms with Gasteiger partial charge < -0.3 is 15.2 Å². The van der Waals surface area contributed by atoms with Crippen LogP contribution < -0.4 is 10.9 Å². The van der Waals surface area contributed by atoms with Crippen LogP contribution in [0.5, 0.6) is 0 Å². The first-order valence-electron chi connectivity index (χ1n) is 10.4. The average molecular weight is 504 g/mol. The molecule has 3 aromatic rings. The Kier molecular flexibility index (Phi) is 8.44. The topological polar surface area (TPSA) is 111 Å². The lowest BCUT2D eigenvalue weighted by Gasteiger charge is -2.18. The second-order valence-electron chi connectivity index (χ2n) is 7.41. The highest BCUT2D eigenvalue weighted by Gasteiger charge is 2.25. The lowest BCUT2D eigenvalue weighted by molar-refractivity contribution is -0.145. The Balaban J connectivity index is 1.87. The maximum atomic E-state index is 12.8. The summed E-state index contributed by atoms with van der Waals surface area (Å²) in [5.41, 5.74) is 1.78. The molecule has 0 aliphatic heterocycles. The van der Waals surface area contributed by atoms with Crippen molar-refractivity contribution >= 4 is 35.1 Å². The molecule has 1 heterocycles. The van der Waals surface area contributed by atoms with Gasteiger partial charge in [0.2, 0.25) is 0 Å². The Labute approximate surface area is 206 Å². The van der Waals surface area contributed by atoms with Gasteiger partial charge in [-0.3, -0.25) is 9.59 Å². The number of amides is 1. The van der Waals surface area contributed by atoms with Gasteiger partial charge in [0.1, 0.15) is 6.04 Å². The molecular weight excluding hydrogens is 481 g/mol. The highest BCUT2D eigenvalue weighted by Crippen LogP contribution is 2.25. The minimum atomic E-state index is -0.993. The van der Waals surface area contributed by atoms with Crippen molar-refractivity contribution in [1.29, 1.82) is 0 Å². The third-order valence-corrected chi connectivity index (χ3v) is 5.76. The molecular formula is C24H23Cl2N3O5. The van der Waals surface area contributed by atoms with Gasteiger partial charge in [0.25, 0.3) is 11.5 Å². The van der Waals surface area contributed by atoms with Gasteiger partial charge in [0.05, 0.1) is 40.6 Å². The Morgan fingerprint density at radius 2 is 1.79 bits per heavy atom. The molecule has 0 unspecified atom stereocenters. The lowest BCUT2D eigenvalue weighted by Crippen LogP contribution is -2.43. The first-order chi connectivity index (χ1) is 16.3. The number of halogens is 2. The molecule has 10 heteroatoms. The number of hydrogen-bond acceptors (Lipinski definition) is 6. The third-order valence-electron chi connectivity index (χ3n) is 5.13. The van der Waals surface area contributed by atoms with E-state index in [4.69, 9.17) is 27.9 Å². The molecule has 3 rings (SSSR count). The van der Waals surface area contributed by atoms with Crippen LogP contribution in [0.15, 0.2) is 53.5 Å². The van der Waals surface area contributed by atoms with Gasteiger partial charge in [-0.25, -0.2) is 9.48 Å². The number of ether oxygens (including phenoxy) is 1. The number of nitrogens with zero attached hydrogens (tertiary/aromatic N) is 2. The molecule has 1 atom stereocenters. The molecule has 0 saturated heterocycles. The van der Waals surface area contributed by atoms with Crippen molar-refractivity contribution in [2.45, 2.75) is 26.0 Å². The number of aromatic nitrogens is 2. The van der Waals surface area contributed by atoms with E-state index in [1.807, 2.05) is 0 Å². The Hall–Kier alpha value is -3.20. The molecule has 1 amide bonds. The summed E-state index contributed by atoms with van der Waals surface area (Å²) >= 11 is 12.2. The van der Waals surface area contributed by atoms with E-state index in [1.54, 1.807) is 37.3 Å². The number of aliphatic hydroxyl groups is 1. The van der Waals surface area contributed by atoms with Gasteiger partial charge in [0.15, 0.2) is 0 Å². The summed E-state index contributed by atoms with van der Waals surface area (Å²) in [6.45, 7) is 1.48. The van der Waals surface area contributed by atoms with E-state index in [9.17, 15) is 19.5 Å². The lowest BCUT2D eigenvalue weighted by atomic mass is 9.99. The van der Waals surface area contributed by atoms with Gasteiger partial charge in [-0.05, 0) is 30.2 Å². The van der Waals surface area contributed by atoms with E-state index in [0.29, 0.717) is 22.3 Å². The molecule has 0 fully saturated rings. The summed E-state index contributed by atoms with van der Waals surface area (Å²) in [5, 5.41) is 16.5. The molecule has 0 aliphatic carbocycles. The molecule has 2 N–H and O–H groups in total. The fraction of sp³-hybridized carbons (Fsp3) is 0.250. The summed E-state index contributed by atoms with van der Waals surface area (Å²) in [5.74, 6) is -1.20. The normalized spacial score (nSPS) is 11.7. The standard InChI is InChI=1S/C24H23Cl2N3O5/c1-3-34-24(33)19(28-22(31)21-17(25)5-4-6-18(21)26)11-14-7-9-15(10-8-14)20-16(13-30)12-27-29(2)23(20)32/h4-10,12,19,30H,3,11,13H2,1-2H3,(H,28,31)/t19-/m0/s1. The van der Waals surface area contributed by atoms with Gasteiger partial charge in [-0.15, -0.1) is 0 Å². The van der Waals surface area contributed by atoms with Crippen LogP contribution in [0.25, 0.3) is 11.1 Å². The Morgan fingerprint density at radius 1 is 1.15 bits per heavy atom. The zero-order valence-electron chi connectivity index (χ0n) is 18.5. The van der Waals surface area contributed by atoms with E-state index in [-0.39, 0.29) is 40.8 Å². The molecule has 8 nitrogen and oxygen atoms in total. The summed E-state index contributed by atoms with van der Waals surface area (Å²) in [7, 11) is 1.53. The van der Waals surface area contributed by atoms with Crippen molar-refractivity contribution in [2.75, 3.05) is 6.61 Å². The second kappa shape index (κ2) is 11.3. The smallest absolute Gasteiger partial charge is 0.328 e. The molecule has 0 aliphatic rings. The van der Waals surface area contributed by atoms with Crippen molar-refractivity contribution < 1.29 is 19.4 Å². The Morgan fingerprint density at radius 3 is 2.38 bits per heavy atom. The van der Waals surface area contributed by atoms with Crippen molar-refractivity contribution in [1.82, 2.24) is 15.1 Å². The largest absolute Gasteiger partial charge is 0.464 e. The zero-order chi connectivity index (χ0) is 24.8. The van der Waals surface area contributed by atoms with E-state index >= 15 is 0 Å². The molecule has 34 heavy (non-hydrogen) atoms. The van der Waals surface area contributed by atoms with Crippen molar-refractivity contribution in [2.24, 2.45) is 7.05 Å². The summed E-state index contributed by atoms with van der Waals surface area (Å²) in [6, 6.07) is 10.6. The zero-order valence-corrected chi connectivity index (χ0v) is 20.1. The second-order valence-corrected chi connectivity index (χ2v) is 8.22. The predicted octanol–water partition coefficient (Wildman–Crippen LogP) is 3.15. The number of nitrogens with one attached hydrogen (secondary N) is 1. The SMILES string of the molecule is CCOC(=O)[C@H](Cc1ccc(-c2c(CO)cnn(C)c2=O)cc1)NC(=O)c1c(Cl)cccc1Cl. The molecule has 2 aromatic carbocycles. The summed E-state index contributed by atoms with van der Waals surface area (Å²) in [4.78, 5) is 37.9. The van der Waals surface area contributed by atoms with Crippen molar-refractivity contribution in [3.63, 3.8) is 0 Å². The van der Waals surface area contributed by atoms with Gasteiger partial charge in [-0.2, -0.15) is 5.10 Å². The van der Waals surface area contributed by atoms with Crippen LogP contribution in [-0.2, 0) is 29.6 Å². The number of rotatable bonds is 8. The number of aryl methyl sites for hydroxylation is 1. The minimum Gasteiger partial charge on any atom is -0.464 e. The van der Waals surface area contributed by atoms with E-state index in [0.717, 1.165) is 0 Å². The molecule has 0 bridgehead atoms. The van der Waals surface area contributed by atoms with Crippen molar-refractivity contribution in [3.05, 3.63) is 85.8 Å². The Bertz CT molecular complexity index is 1240. The number of esters is 1. The number of carbonyl (C=O) groups excluding carboxylic acids is 2. The van der Waals surface area contributed by atoms with Crippen molar-refractivity contribution in [3.8, 4) is 11.1 Å². The average Bonchev–Trinajstić information content (AvgIpc) is 2.81. The molecule has 178 valence electrons. The van der Waals surface area contributed by atoms with E-state index in [2.05, 4.69) is 10.4 Å². The predicted molar refractivity (Wildman–Crippen MR) is 129 cm³/mol. The molecule has 0 radical (unpaired) electrons. The van der Waals surface area contributed by atoms with Crippen LogP contribution in [-0.4, -0.2) is 39.4 Å². The van der Waals surface area contributed by atoms with Crippen LogP contribution in [0.4, 0.5) is 0 Å². The van der Waals surface area contributed by atoms with Crippen LogP contribution in [0.2, 0.25) is 10.0 Å².